The molecule has 0 aromatic carbocycles. The normalized spacial score (nSPS) is 20.3. The lowest BCUT2D eigenvalue weighted by atomic mass is 10.1. The zero-order valence-corrected chi connectivity index (χ0v) is 24.3. The van der Waals surface area contributed by atoms with E-state index in [-0.39, 0.29) is 5.75 Å². The van der Waals surface area contributed by atoms with E-state index in [9.17, 15) is 14.4 Å². The highest BCUT2D eigenvalue weighted by molar-refractivity contribution is 8.16. The lowest BCUT2D eigenvalue weighted by Gasteiger charge is -2.24. The maximum Gasteiger partial charge on any atom is 0.407 e. The standard InChI is InChI=1S/C27H41N5O6S/c1-6-8-20(21-13-19(14-22(33)37-21)36-15-18-9-10-18)31-24(34)27(28)16-39-23(32-27)17(2)29-11-7-12-30-25(35)38-26(3,4)5/h13-14,18,20H,6-12,15-16,28H2,1-5H3,(H,30,35)(H,31,34)/t20-,27+/m1/s1. The quantitative estimate of drug-likeness (QED) is 0.243. The Hall–Kier alpha value is -2.86. The maximum absolute atomic E-state index is 13.2. The largest absolute Gasteiger partial charge is 0.493 e. The fourth-order valence-corrected chi connectivity index (χ4v) is 4.76. The average Bonchev–Trinajstić information content (AvgIpc) is 3.59. The Balaban J connectivity index is 1.57. The summed E-state index contributed by atoms with van der Waals surface area (Å²) in [6, 6.07) is 2.44. The van der Waals surface area contributed by atoms with Crippen LogP contribution in [-0.2, 0) is 9.53 Å². The Kier molecular flexibility index (Phi) is 10.6. The molecule has 216 valence electrons. The number of alkyl carbamates (subject to hydrolysis) is 1. The SMILES string of the molecule is CCC[C@@H](NC(=O)[C@]1(N)CSC(C(C)=NCCCNC(=O)OC(C)(C)C)=N1)c1cc(OCC2CC2)cc(=O)o1. The summed E-state index contributed by atoms with van der Waals surface area (Å²) in [5, 5.41) is 6.23. The number of ether oxygens (including phenoxy) is 2. The van der Waals surface area contributed by atoms with Gasteiger partial charge in [0.1, 0.15) is 22.2 Å². The molecule has 0 bridgehead atoms. The van der Waals surface area contributed by atoms with E-state index in [0.717, 1.165) is 19.3 Å². The number of rotatable bonds is 13. The first-order valence-electron chi connectivity index (χ1n) is 13.5. The molecule has 1 aliphatic carbocycles. The van der Waals surface area contributed by atoms with Crippen molar-refractivity contribution in [2.45, 2.75) is 84.0 Å². The van der Waals surface area contributed by atoms with Gasteiger partial charge in [0.05, 0.1) is 24.4 Å². The average molecular weight is 564 g/mol. The number of nitrogens with two attached hydrogens (primary N) is 1. The van der Waals surface area contributed by atoms with E-state index in [1.54, 1.807) is 6.07 Å². The van der Waals surface area contributed by atoms with Crippen LogP contribution in [0.15, 0.2) is 31.3 Å². The van der Waals surface area contributed by atoms with Gasteiger partial charge in [-0.15, -0.1) is 11.8 Å². The lowest BCUT2D eigenvalue weighted by molar-refractivity contribution is -0.126. The van der Waals surface area contributed by atoms with E-state index in [1.165, 1.54) is 17.8 Å². The van der Waals surface area contributed by atoms with Crippen LogP contribution in [0, 0.1) is 5.92 Å². The number of hydrogen-bond acceptors (Lipinski definition) is 10. The van der Waals surface area contributed by atoms with Crippen LogP contribution in [0.1, 0.15) is 78.5 Å². The van der Waals surface area contributed by atoms with E-state index in [4.69, 9.17) is 19.6 Å². The van der Waals surface area contributed by atoms with Crippen LogP contribution in [0.3, 0.4) is 0 Å². The molecule has 1 fully saturated rings. The van der Waals surface area contributed by atoms with Crippen molar-refractivity contribution in [1.82, 2.24) is 10.6 Å². The van der Waals surface area contributed by atoms with Gasteiger partial charge in [0.2, 0.25) is 0 Å². The fourth-order valence-electron chi connectivity index (χ4n) is 3.71. The summed E-state index contributed by atoms with van der Waals surface area (Å²) in [7, 11) is 0. The van der Waals surface area contributed by atoms with E-state index >= 15 is 0 Å². The van der Waals surface area contributed by atoms with Crippen molar-refractivity contribution in [3.63, 3.8) is 0 Å². The summed E-state index contributed by atoms with van der Waals surface area (Å²) in [6.07, 6.45) is 3.73. The second-order valence-electron chi connectivity index (χ2n) is 11.0. The third kappa shape index (κ3) is 9.99. The molecule has 0 unspecified atom stereocenters. The van der Waals surface area contributed by atoms with E-state index in [2.05, 4.69) is 20.6 Å². The van der Waals surface area contributed by atoms with Crippen LogP contribution in [0.4, 0.5) is 4.79 Å². The minimum atomic E-state index is -1.47. The summed E-state index contributed by atoms with van der Waals surface area (Å²) in [5.74, 6) is 1.12. The summed E-state index contributed by atoms with van der Waals surface area (Å²) >= 11 is 1.37. The molecule has 2 heterocycles. The molecule has 4 N–H and O–H groups in total. The second-order valence-corrected chi connectivity index (χ2v) is 11.9. The number of nitrogens with zero attached hydrogens (tertiary/aromatic N) is 2. The molecule has 12 heteroatoms. The van der Waals surface area contributed by atoms with Crippen molar-refractivity contribution in [1.29, 1.82) is 0 Å². The molecule has 2 atom stereocenters. The number of hydrogen-bond donors (Lipinski definition) is 3. The fraction of sp³-hybridized carbons (Fsp3) is 0.667. The van der Waals surface area contributed by atoms with Crippen molar-refractivity contribution >= 4 is 34.5 Å². The molecule has 0 radical (unpaired) electrons. The zero-order valence-electron chi connectivity index (χ0n) is 23.5. The molecule has 1 aromatic heterocycles. The highest BCUT2D eigenvalue weighted by Crippen LogP contribution is 2.30. The van der Waals surface area contributed by atoms with Gasteiger partial charge < -0.3 is 24.5 Å². The number of carbonyl (C=O) groups excluding carboxylic acids is 2. The van der Waals surface area contributed by atoms with Gasteiger partial charge in [-0.25, -0.2) is 14.6 Å². The predicted octanol–water partition coefficient (Wildman–Crippen LogP) is 3.56. The highest BCUT2D eigenvalue weighted by Gasteiger charge is 2.40. The van der Waals surface area contributed by atoms with Gasteiger partial charge in [-0.3, -0.25) is 15.5 Å². The van der Waals surface area contributed by atoms with Gasteiger partial charge in [-0.1, -0.05) is 13.3 Å². The van der Waals surface area contributed by atoms with Crippen LogP contribution >= 0.6 is 11.8 Å². The molecule has 1 saturated carbocycles. The molecule has 2 aliphatic rings. The van der Waals surface area contributed by atoms with Gasteiger partial charge in [0.15, 0.2) is 5.66 Å². The molecule has 0 saturated heterocycles. The summed E-state index contributed by atoms with van der Waals surface area (Å²) < 4.78 is 16.4. The molecule has 0 spiro atoms. The van der Waals surface area contributed by atoms with Crippen molar-refractivity contribution in [3.05, 3.63) is 28.3 Å². The third-order valence-corrected chi connectivity index (χ3v) is 7.20. The number of amides is 2. The minimum absolute atomic E-state index is 0.258. The highest BCUT2D eigenvalue weighted by atomic mass is 32.2. The van der Waals surface area contributed by atoms with E-state index in [1.807, 2.05) is 34.6 Å². The van der Waals surface area contributed by atoms with E-state index in [0.29, 0.717) is 60.7 Å². The van der Waals surface area contributed by atoms with Crippen molar-refractivity contribution < 1.29 is 23.5 Å². The first-order chi connectivity index (χ1) is 18.4. The second kappa shape index (κ2) is 13.5. The maximum atomic E-state index is 13.2. The van der Waals surface area contributed by atoms with Gasteiger partial charge in [-0.2, -0.15) is 0 Å². The lowest BCUT2D eigenvalue weighted by Crippen LogP contribution is -2.54. The molecule has 11 nitrogen and oxygen atoms in total. The van der Waals surface area contributed by atoms with Crippen LogP contribution in [0.2, 0.25) is 0 Å². The third-order valence-electron chi connectivity index (χ3n) is 5.96. The van der Waals surface area contributed by atoms with Crippen LogP contribution < -0.4 is 26.7 Å². The number of thioether (sulfide) groups is 1. The van der Waals surface area contributed by atoms with Crippen LogP contribution in [0.5, 0.6) is 5.75 Å². The molecular formula is C27H41N5O6S. The van der Waals surface area contributed by atoms with Crippen LogP contribution in [0.25, 0.3) is 0 Å². The van der Waals surface area contributed by atoms with Gasteiger partial charge in [0.25, 0.3) is 5.91 Å². The van der Waals surface area contributed by atoms with Crippen molar-refractivity contribution in [2.75, 3.05) is 25.4 Å². The monoisotopic (exact) mass is 563 g/mol. The smallest absolute Gasteiger partial charge is 0.407 e. The van der Waals surface area contributed by atoms with Gasteiger partial charge in [-0.05, 0) is 59.3 Å². The topological polar surface area (TPSA) is 158 Å². The van der Waals surface area contributed by atoms with Gasteiger partial charge in [0, 0.05) is 24.9 Å². The first kappa shape index (κ1) is 30.7. The van der Waals surface area contributed by atoms with Crippen LogP contribution in [-0.4, -0.2) is 59.5 Å². The number of nitrogens with one attached hydrogen (secondary N) is 2. The summed E-state index contributed by atoms with van der Waals surface area (Å²) in [5.41, 5.74) is 4.54. The Labute approximate surface area is 233 Å². The zero-order chi connectivity index (χ0) is 28.6. The predicted molar refractivity (Wildman–Crippen MR) is 153 cm³/mol. The van der Waals surface area contributed by atoms with Crippen molar-refractivity contribution in [2.24, 2.45) is 21.6 Å². The minimum Gasteiger partial charge on any atom is -0.493 e. The Bertz CT molecular complexity index is 1140. The van der Waals surface area contributed by atoms with E-state index < -0.39 is 34.9 Å². The summed E-state index contributed by atoms with van der Waals surface area (Å²) in [6.45, 7) is 10.7. The molecule has 2 amide bonds. The van der Waals surface area contributed by atoms with Crippen molar-refractivity contribution in [3.8, 4) is 5.75 Å². The Morgan fingerprint density at radius 3 is 2.74 bits per heavy atom. The first-order valence-corrected chi connectivity index (χ1v) is 14.5. The molecule has 39 heavy (non-hydrogen) atoms. The summed E-state index contributed by atoms with van der Waals surface area (Å²) in [4.78, 5) is 46.2. The molecule has 1 aliphatic heterocycles. The molecule has 3 rings (SSSR count). The number of aliphatic imine (C=N–C) groups is 2. The number of carbonyl (C=O) groups is 2. The molecule has 1 aromatic rings. The van der Waals surface area contributed by atoms with Gasteiger partial charge >= 0.3 is 11.7 Å². The Morgan fingerprint density at radius 2 is 2.08 bits per heavy atom. The Morgan fingerprint density at radius 1 is 1.33 bits per heavy atom. The molecular weight excluding hydrogens is 522 g/mol.